The summed E-state index contributed by atoms with van der Waals surface area (Å²) < 4.78 is 0. The Hall–Kier alpha value is -0.610. The maximum atomic E-state index is 11.9. The minimum absolute atomic E-state index is 0.336. The summed E-state index contributed by atoms with van der Waals surface area (Å²) in [5.41, 5.74) is 0. The molecule has 2 rings (SSSR count). The van der Waals surface area contributed by atoms with Gasteiger partial charge in [-0.25, -0.2) is 0 Å². The minimum atomic E-state index is 0.336. The zero-order valence-electron chi connectivity index (χ0n) is 9.54. The summed E-state index contributed by atoms with van der Waals surface area (Å²) >= 11 is 0. The van der Waals surface area contributed by atoms with Crippen molar-refractivity contribution in [1.82, 2.24) is 15.1 Å². The summed E-state index contributed by atoms with van der Waals surface area (Å²) in [6, 6.07) is 0.442. The van der Waals surface area contributed by atoms with Crippen molar-refractivity contribution >= 4 is 5.91 Å². The second kappa shape index (κ2) is 4.94. The van der Waals surface area contributed by atoms with Crippen molar-refractivity contribution < 1.29 is 4.79 Å². The van der Waals surface area contributed by atoms with Gasteiger partial charge in [0.25, 0.3) is 0 Å². The molecular formula is C11H21N3O. The molecule has 2 fully saturated rings. The van der Waals surface area contributed by atoms with Crippen LogP contribution in [0, 0.1) is 0 Å². The average molecular weight is 211 g/mol. The Labute approximate surface area is 91.6 Å². The van der Waals surface area contributed by atoms with Crippen LogP contribution in [0.3, 0.4) is 0 Å². The van der Waals surface area contributed by atoms with Gasteiger partial charge in [0.2, 0.25) is 5.91 Å². The lowest BCUT2D eigenvalue weighted by molar-refractivity contribution is -0.133. The van der Waals surface area contributed by atoms with Gasteiger partial charge in [-0.1, -0.05) is 0 Å². The number of hydrogen-bond acceptors (Lipinski definition) is 3. The molecule has 0 radical (unpaired) electrons. The van der Waals surface area contributed by atoms with E-state index in [0.717, 1.165) is 32.7 Å². The molecule has 0 aromatic heterocycles. The quantitative estimate of drug-likeness (QED) is 0.693. The van der Waals surface area contributed by atoms with Crippen LogP contribution in [0.4, 0.5) is 0 Å². The smallest absolute Gasteiger partial charge is 0.224 e. The molecule has 0 saturated carbocycles. The van der Waals surface area contributed by atoms with Crippen LogP contribution in [0.1, 0.15) is 19.3 Å². The van der Waals surface area contributed by atoms with Gasteiger partial charge in [0.1, 0.15) is 0 Å². The fourth-order valence-electron chi connectivity index (χ4n) is 2.33. The number of carbonyl (C=O) groups is 1. The van der Waals surface area contributed by atoms with Crippen molar-refractivity contribution in [1.29, 1.82) is 0 Å². The zero-order valence-corrected chi connectivity index (χ0v) is 9.54. The molecule has 2 heterocycles. The molecule has 2 saturated heterocycles. The zero-order chi connectivity index (χ0) is 10.7. The largest absolute Gasteiger partial charge is 0.340 e. The van der Waals surface area contributed by atoms with Crippen LogP contribution in [0.5, 0.6) is 0 Å². The third kappa shape index (κ3) is 2.92. The predicted molar refractivity (Wildman–Crippen MR) is 59.7 cm³/mol. The summed E-state index contributed by atoms with van der Waals surface area (Å²) in [7, 11) is 2.11. The molecule has 86 valence electrons. The molecule has 1 amide bonds. The molecule has 0 aromatic carbocycles. The topological polar surface area (TPSA) is 35.6 Å². The van der Waals surface area contributed by atoms with Gasteiger partial charge in [-0.15, -0.1) is 0 Å². The Bertz CT molecular complexity index is 218. The van der Waals surface area contributed by atoms with Crippen LogP contribution in [0.25, 0.3) is 0 Å². The van der Waals surface area contributed by atoms with E-state index < -0.39 is 0 Å². The van der Waals surface area contributed by atoms with Crippen LogP contribution in [0.15, 0.2) is 0 Å². The third-order valence-corrected chi connectivity index (χ3v) is 3.44. The number of amides is 1. The standard InChI is InChI=1S/C11H21N3O/c1-13-5-7-14(8-6-13)11(15)9-10-3-2-4-12-10/h10,12H,2-9H2,1H3/t10-/m0/s1. The van der Waals surface area contributed by atoms with Gasteiger partial charge in [0.15, 0.2) is 0 Å². The lowest BCUT2D eigenvalue weighted by atomic mass is 10.1. The van der Waals surface area contributed by atoms with E-state index in [0.29, 0.717) is 18.4 Å². The maximum Gasteiger partial charge on any atom is 0.224 e. The van der Waals surface area contributed by atoms with Crippen LogP contribution in [0.2, 0.25) is 0 Å². The predicted octanol–water partition coefficient (Wildman–Crippen LogP) is -0.0975. The highest BCUT2D eigenvalue weighted by atomic mass is 16.2. The first-order valence-electron chi connectivity index (χ1n) is 5.95. The van der Waals surface area contributed by atoms with Crippen LogP contribution in [-0.4, -0.2) is 61.5 Å². The van der Waals surface area contributed by atoms with Crippen molar-refractivity contribution in [2.24, 2.45) is 0 Å². The fourth-order valence-corrected chi connectivity index (χ4v) is 2.33. The number of carbonyl (C=O) groups excluding carboxylic acids is 1. The average Bonchev–Trinajstić information content (AvgIpc) is 2.71. The van der Waals surface area contributed by atoms with E-state index in [1.807, 2.05) is 4.90 Å². The Morgan fingerprint density at radius 2 is 2.07 bits per heavy atom. The van der Waals surface area contributed by atoms with E-state index in [9.17, 15) is 4.79 Å². The van der Waals surface area contributed by atoms with Crippen molar-refractivity contribution in [3.63, 3.8) is 0 Å². The van der Waals surface area contributed by atoms with E-state index in [4.69, 9.17) is 0 Å². The van der Waals surface area contributed by atoms with Crippen molar-refractivity contribution in [3.8, 4) is 0 Å². The fraction of sp³-hybridized carbons (Fsp3) is 0.909. The van der Waals surface area contributed by atoms with E-state index >= 15 is 0 Å². The van der Waals surface area contributed by atoms with Crippen LogP contribution < -0.4 is 5.32 Å². The van der Waals surface area contributed by atoms with Gasteiger partial charge in [0, 0.05) is 38.6 Å². The molecule has 0 aromatic rings. The summed E-state index contributed by atoms with van der Waals surface area (Å²) in [4.78, 5) is 16.2. The first-order chi connectivity index (χ1) is 7.25. The Balaban J connectivity index is 1.75. The van der Waals surface area contributed by atoms with Gasteiger partial charge in [-0.2, -0.15) is 0 Å². The minimum Gasteiger partial charge on any atom is -0.340 e. The molecule has 0 spiro atoms. The van der Waals surface area contributed by atoms with E-state index in [1.54, 1.807) is 0 Å². The molecule has 4 heteroatoms. The Morgan fingerprint density at radius 1 is 1.33 bits per heavy atom. The molecular weight excluding hydrogens is 190 g/mol. The molecule has 0 unspecified atom stereocenters. The molecule has 2 aliphatic rings. The van der Waals surface area contributed by atoms with Crippen molar-refractivity contribution in [3.05, 3.63) is 0 Å². The molecule has 15 heavy (non-hydrogen) atoms. The first kappa shape index (κ1) is 10.9. The highest BCUT2D eigenvalue weighted by molar-refractivity contribution is 5.77. The number of piperazine rings is 1. The third-order valence-electron chi connectivity index (χ3n) is 3.44. The van der Waals surface area contributed by atoms with Gasteiger partial charge in [-0.05, 0) is 26.4 Å². The molecule has 1 N–H and O–H groups in total. The monoisotopic (exact) mass is 211 g/mol. The number of rotatable bonds is 2. The summed E-state index contributed by atoms with van der Waals surface area (Å²) in [6.45, 7) is 4.93. The van der Waals surface area contributed by atoms with Crippen molar-refractivity contribution in [2.75, 3.05) is 39.8 Å². The van der Waals surface area contributed by atoms with Crippen LogP contribution >= 0.6 is 0 Å². The first-order valence-corrected chi connectivity index (χ1v) is 5.95. The van der Waals surface area contributed by atoms with Crippen LogP contribution in [-0.2, 0) is 4.79 Å². The van der Waals surface area contributed by atoms with E-state index in [2.05, 4.69) is 17.3 Å². The SMILES string of the molecule is CN1CCN(C(=O)C[C@@H]2CCCN2)CC1. The maximum absolute atomic E-state index is 11.9. The number of nitrogens with one attached hydrogen (secondary N) is 1. The lowest BCUT2D eigenvalue weighted by Gasteiger charge is -2.33. The van der Waals surface area contributed by atoms with E-state index in [1.165, 1.54) is 12.8 Å². The molecule has 0 aliphatic carbocycles. The van der Waals surface area contributed by atoms with E-state index in [-0.39, 0.29) is 0 Å². The summed E-state index contributed by atoms with van der Waals surface area (Å²) in [6.07, 6.45) is 3.09. The molecule has 2 aliphatic heterocycles. The molecule has 4 nitrogen and oxygen atoms in total. The summed E-state index contributed by atoms with van der Waals surface area (Å²) in [5.74, 6) is 0.336. The second-order valence-corrected chi connectivity index (χ2v) is 4.68. The van der Waals surface area contributed by atoms with Gasteiger partial charge >= 0.3 is 0 Å². The number of hydrogen-bond donors (Lipinski definition) is 1. The number of nitrogens with zero attached hydrogens (tertiary/aromatic N) is 2. The highest BCUT2D eigenvalue weighted by Gasteiger charge is 2.23. The normalized spacial score (nSPS) is 28.3. The van der Waals surface area contributed by atoms with Crippen molar-refractivity contribution in [2.45, 2.75) is 25.3 Å². The second-order valence-electron chi connectivity index (χ2n) is 4.68. The van der Waals surface area contributed by atoms with Gasteiger partial charge < -0.3 is 15.1 Å². The lowest BCUT2D eigenvalue weighted by Crippen LogP contribution is -2.48. The Morgan fingerprint density at radius 3 is 2.67 bits per heavy atom. The number of likely N-dealkylation sites (N-methyl/N-ethyl adjacent to an activating group) is 1. The van der Waals surface area contributed by atoms with Gasteiger partial charge in [0.05, 0.1) is 0 Å². The Kier molecular flexibility index (Phi) is 3.59. The highest BCUT2D eigenvalue weighted by Crippen LogP contribution is 2.11. The molecule has 0 bridgehead atoms. The molecule has 1 atom stereocenters. The summed E-state index contributed by atoms with van der Waals surface area (Å²) in [5, 5.41) is 3.38. The van der Waals surface area contributed by atoms with Gasteiger partial charge in [-0.3, -0.25) is 4.79 Å².